The maximum Gasteiger partial charge on any atom is 0.262 e. The predicted octanol–water partition coefficient (Wildman–Crippen LogP) is 5.39. The number of ether oxygens (including phenoxy) is 1. The number of carbonyl (C=O) groups excluding carboxylic acids is 1. The van der Waals surface area contributed by atoms with Crippen molar-refractivity contribution in [3.05, 3.63) is 56.0 Å². The minimum absolute atomic E-state index is 0.121. The fraction of sp³-hybridized carbons (Fsp3) is 0.188. The summed E-state index contributed by atoms with van der Waals surface area (Å²) in [5, 5.41) is 3.87. The molecule has 0 aliphatic rings. The Hall–Kier alpha value is -1.23. The molecule has 0 aromatic heterocycles. The lowest BCUT2D eigenvalue weighted by atomic mass is 10.1. The van der Waals surface area contributed by atoms with Crippen LogP contribution in [0.25, 0.3) is 0 Å². The van der Waals surface area contributed by atoms with Crippen LogP contribution in [0.1, 0.15) is 11.1 Å². The zero-order chi connectivity index (χ0) is 16.3. The molecule has 1 N–H and O–H groups in total. The standard InChI is InChI=1S/C16H14BrCl2NO2/c1-9-7-13(15(17)10(2)16(9)19)22-8-14(21)20-12-6-4-3-5-11(12)18/h3-7H,8H2,1-2H3,(H,20,21). The minimum Gasteiger partial charge on any atom is -0.483 e. The van der Waals surface area contributed by atoms with Gasteiger partial charge in [-0.05, 0) is 59.1 Å². The number of carbonyl (C=O) groups is 1. The Morgan fingerprint density at radius 1 is 1.27 bits per heavy atom. The Kier molecular flexibility index (Phi) is 5.73. The number of amides is 1. The summed E-state index contributed by atoms with van der Waals surface area (Å²) in [7, 11) is 0. The third-order valence-electron chi connectivity index (χ3n) is 3.08. The number of rotatable bonds is 4. The summed E-state index contributed by atoms with van der Waals surface area (Å²) in [6, 6.07) is 8.82. The van der Waals surface area contributed by atoms with E-state index in [0.717, 1.165) is 15.6 Å². The zero-order valence-corrected chi connectivity index (χ0v) is 15.1. The van der Waals surface area contributed by atoms with Gasteiger partial charge in [-0.1, -0.05) is 35.3 Å². The highest BCUT2D eigenvalue weighted by atomic mass is 79.9. The molecule has 0 aliphatic heterocycles. The van der Waals surface area contributed by atoms with Crippen molar-refractivity contribution < 1.29 is 9.53 Å². The molecule has 0 unspecified atom stereocenters. The van der Waals surface area contributed by atoms with Gasteiger partial charge in [0.15, 0.2) is 6.61 Å². The second kappa shape index (κ2) is 7.36. The van der Waals surface area contributed by atoms with Crippen LogP contribution in [0.4, 0.5) is 5.69 Å². The lowest BCUT2D eigenvalue weighted by molar-refractivity contribution is -0.118. The number of anilines is 1. The molecule has 2 aromatic rings. The Morgan fingerprint density at radius 2 is 1.95 bits per heavy atom. The fourth-order valence-corrected chi connectivity index (χ4v) is 2.77. The lowest BCUT2D eigenvalue weighted by Crippen LogP contribution is -2.20. The average molecular weight is 403 g/mol. The number of hydrogen-bond donors (Lipinski definition) is 1. The molecule has 0 bridgehead atoms. The molecule has 0 fully saturated rings. The van der Waals surface area contributed by atoms with Crippen LogP contribution >= 0.6 is 39.1 Å². The van der Waals surface area contributed by atoms with Crippen LogP contribution in [-0.2, 0) is 4.79 Å². The highest BCUT2D eigenvalue weighted by molar-refractivity contribution is 9.10. The Morgan fingerprint density at radius 3 is 2.64 bits per heavy atom. The number of nitrogens with one attached hydrogen (secondary N) is 1. The number of halogens is 3. The first-order chi connectivity index (χ1) is 10.4. The van der Waals surface area contributed by atoms with Gasteiger partial charge in [0.05, 0.1) is 15.2 Å². The number of aryl methyl sites for hydroxylation is 1. The maximum atomic E-state index is 11.9. The quantitative estimate of drug-likeness (QED) is 0.744. The molecule has 22 heavy (non-hydrogen) atoms. The predicted molar refractivity (Wildman–Crippen MR) is 94.2 cm³/mol. The highest BCUT2D eigenvalue weighted by Crippen LogP contribution is 2.35. The SMILES string of the molecule is Cc1cc(OCC(=O)Nc2ccccc2Cl)c(Br)c(C)c1Cl. The first-order valence-corrected chi connectivity index (χ1v) is 8.07. The molecular formula is C16H14BrCl2NO2. The molecule has 0 radical (unpaired) electrons. The van der Waals surface area contributed by atoms with Gasteiger partial charge >= 0.3 is 0 Å². The van der Waals surface area contributed by atoms with Crippen LogP contribution in [0.3, 0.4) is 0 Å². The molecule has 0 saturated carbocycles. The molecule has 2 rings (SSSR count). The van der Waals surface area contributed by atoms with E-state index in [9.17, 15) is 4.79 Å². The van der Waals surface area contributed by atoms with E-state index in [1.54, 1.807) is 30.3 Å². The molecule has 0 spiro atoms. The first kappa shape index (κ1) is 17.1. The van der Waals surface area contributed by atoms with Crippen molar-refractivity contribution in [1.29, 1.82) is 0 Å². The van der Waals surface area contributed by atoms with Gasteiger partial charge in [0.2, 0.25) is 0 Å². The second-order valence-corrected chi connectivity index (χ2v) is 6.34. The summed E-state index contributed by atoms with van der Waals surface area (Å²) in [4.78, 5) is 11.9. The minimum atomic E-state index is -0.287. The number of hydrogen-bond acceptors (Lipinski definition) is 2. The molecule has 1 amide bonds. The molecule has 116 valence electrons. The average Bonchev–Trinajstić information content (AvgIpc) is 2.50. The maximum absolute atomic E-state index is 11.9. The van der Waals surface area contributed by atoms with Gasteiger partial charge < -0.3 is 10.1 Å². The number of para-hydroxylation sites is 1. The third-order valence-corrected chi connectivity index (χ3v) is 4.97. The third kappa shape index (κ3) is 3.94. The van der Waals surface area contributed by atoms with E-state index in [-0.39, 0.29) is 12.5 Å². The van der Waals surface area contributed by atoms with E-state index in [0.29, 0.717) is 21.5 Å². The van der Waals surface area contributed by atoms with Gasteiger partial charge in [0.1, 0.15) is 5.75 Å². The van der Waals surface area contributed by atoms with Crippen LogP contribution < -0.4 is 10.1 Å². The molecule has 0 heterocycles. The smallest absolute Gasteiger partial charge is 0.262 e. The van der Waals surface area contributed by atoms with Crippen molar-refractivity contribution in [2.75, 3.05) is 11.9 Å². The molecule has 0 aliphatic carbocycles. The zero-order valence-electron chi connectivity index (χ0n) is 12.0. The van der Waals surface area contributed by atoms with Crippen molar-refractivity contribution in [2.24, 2.45) is 0 Å². The van der Waals surface area contributed by atoms with E-state index < -0.39 is 0 Å². The normalized spacial score (nSPS) is 10.4. The van der Waals surface area contributed by atoms with Crippen molar-refractivity contribution in [2.45, 2.75) is 13.8 Å². The van der Waals surface area contributed by atoms with Gasteiger partial charge in [-0.3, -0.25) is 4.79 Å². The topological polar surface area (TPSA) is 38.3 Å². The van der Waals surface area contributed by atoms with Gasteiger partial charge in [-0.25, -0.2) is 0 Å². The number of benzene rings is 2. The second-order valence-electron chi connectivity index (χ2n) is 4.76. The monoisotopic (exact) mass is 401 g/mol. The lowest BCUT2D eigenvalue weighted by Gasteiger charge is -2.13. The Balaban J connectivity index is 2.05. The van der Waals surface area contributed by atoms with E-state index in [1.165, 1.54) is 0 Å². The van der Waals surface area contributed by atoms with Gasteiger partial charge in [-0.2, -0.15) is 0 Å². The molecule has 0 saturated heterocycles. The van der Waals surface area contributed by atoms with E-state index in [1.807, 2.05) is 13.8 Å². The largest absolute Gasteiger partial charge is 0.483 e. The van der Waals surface area contributed by atoms with Crippen LogP contribution in [0, 0.1) is 13.8 Å². The molecule has 0 atom stereocenters. The highest BCUT2D eigenvalue weighted by Gasteiger charge is 2.13. The Labute approximate surface area is 147 Å². The van der Waals surface area contributed by atoms with E-state index in [4.69, 9.17) is 27.9 Å². The molecule has 3 nitrogen and oxygen atoms in total. The van der Waals surface area contributed by atoms with Crippen molar-refractivity contribution in [1.82, 2.24) is 0 Å². The molecular weight excluding hydrogens is 389 g/mol. The van der Waals surface area contributed by atoms with Gasteiger partial charge in [-0.15, -0.1) is 0 Å². The van der Waals surface area contributed by atoms with E-state index in [2.05, 4.69) is 21.2 Å². The van der Waals surface area contributed by atoms with Crippen LogP contribution in [-0.4, -0.2) is 12.5 Å². The summed E-state index contributed by atoms with van der Waals surface area (Å²) >= 11 is 15.6. The molecule has 6 heteroatoms. The summed E-state index contributed by atoms with van der Waals surface area (Å²) in [6.07, 6.45) is 0. The van der Waals surface area contributed by atoms with Crippen molar-refractivity contribution in [3.8, 4) is 5.75 Å². The van der Waals surface area contributed by atoms with Crippen LogP contribution in [0.5, 0.6) is 5.75 Å². The summed E-state index contributed by atoms with van der Waals surface area (Å²) in [5.74, 6) is 0.291. The fourth-order valence-electron chi connectivity index (χ4n) is 1.90. The molecule has 2 aromatic carbocycles. The van der Waals surface area contributed by atoms with Crippen LogP contribution in [0.15, 0.2) is 34.8 Å². The van der Waals surface area contributed by atoms with Crippen molar-refractivity contribution in [3.63, 3.8) is 0 Å². The summed E-state index contributed by atoms with van der Waals surface area (Å²) in [6.45, 7) is 3.65. The first-order valence-electron chi connectivity index (χ1n) is 6.52. The summed E-state index contributed by atoms with van der Waals surface area (Å²) in [5.41, 5.74) is 2.33. The van der Waals surface area contributed by atoms with E-state index >= 15 is 0 Å². The van der Waals surface area contributed by atoms with Crippen molar-refractivity contribution >= 4 is 50.7 Å². The van der Waals surface area contributed by atoms with Gasteiger partial charge in [0, 0.05) is 5.02 Å². The summed E-state index contributed by atoms with van der Waals surface area (Å²) < 4.78 is 6.31. The van der Waals surface area contributed by atoms with Crippen LogP contribution in [0.2, 0.25) is 10.0 Å². The Bertz CT molecular complexity index is 720. The van der Waals surface area contributed by atoms with Gasteiger partial charge in [0.25, 0.3) is 5.91 Å².